The van der Waals surface area contributed by atoms with Gasteiger partial charge in [0, 0.05) is 32.2 Å². The van der Waals surface area contributed by atoms with Crippen LogP contribution in [0.2, 0.25) is 0 Å². The second-order valence-corrected chi connectivity index (χ2v) is 3.97. The topological polar surface area (TPSA) is 43.8 Å². The van der Waals surface area contributed by atoms with Crippen molar-refractivity contribution < 1.29 is 9.90 Å². The molecular formula is C10H20N2O2. The van der Waals surface area contributed by atoms with Crippen LogP contribution in [0, 0.1) is 0 Å². The number of aliphatic hydroxyl groups is 1. The molecule has 14 heavy (non-hydrogen) atoms. The quantitative estimate of drug-likeness (QED) is 0.723. The Balaban J connectivity index is 2.55. The highest BCUT2D eigenvalue weighted by Gasteiger charge is 2.27. The Bertz CT molecular complexity index is 195. The minimum absolute atomic E-state index is 0.191. The smallest absolute Gasteiger partial charge is 0.237 e. The van der Waals surface area contributed by atoms with Crippen LogP contribution < -0.4 is 0 Å². The van der Waals surface area contributed by atoms with Crippen LogP contribution in [-0.2, 0) is 4.79 Å². The number of carbonyl (C=O) groups is 1. The van der Waals surface area contributed by atoms with E-state index in [0.29, 0.717) is 6.42 Å². The molecule has 1 fully saturated rings. The molecule has 0 unspecified atom stereocenters. The van der Waals surface area contributed by atoms with Crippen molar-refractivity contribution in [2.75, 3.05) is 19.7 Å². The van der Waals surface area contributed by atoms with Gasteiger partial charge < -0.3 is 5.11 Å². The maximum Gasteiger partial charge on any atom is 0.237 e. The van der Waals surface area contributed by atoms with Crippen molar-refractivity contribution >= 4 is 5.91 Å². The van der Waals surface area contributed by atoms with E-state index in [1.807, 2.05) is 18.9 Å². The van der Waals surface area contributed by atoms with Gasteiger partial charge in [-0.15, -0.1) is 0 Å². The number of aliphatic hydroxyl groups excluding tert-OH is 1. The van der Waals surface area contributed by atoms with Crippen LogP contribution in [0.4, 0.5) is 0 Å². The van der Waals surface area contributed by atoms with E-state index >= 15 is 0 Å². The SMILES string of the molecule is CC(C)N1C(=O)CCCN1CCCO. The standard InChI is InChI=1S/C10H20N2O2/c1-9(2)12-10(14)5-3-6-11(12)7-4-8-13/h9,13H,3-8H2,1-2H3. The molecule has 0 bridgehead atoms. The summed E-state index contributed by atoms with van der Waals surface area (Å²) in [6.07, 6.45) is 2.33. The molecular weight excluding hydrogens is 180 g/mol. The number of amides is 1. The molecule has 4 nitrogen and oxygen atoms in total. The van der Waals surface area contributed by atoms with Gasteiger partial charge in [0.2, 0.25) is 5.91 Å². The number of nitrogens with zero attached hydrogens (tertiary/aromatic N) is 2. The molecule has 0 radical (unpaired) electrons. The molecule has 0 aliphatic carbocycles. The van der Waals surface area contributed by atoms with Gasteiger partial charge in [-0.1, -0.05) is 0 Å². The van der Waals surface area contributed by atoms with E-state index in [1.54, 1.807) is 0 Å². The van der Waals surface area contributed by atoms with Crippen LogP contribution in [0.3, 0.4) is 0 Å². The monoisotopic (exact) mass is 200 g/mol. The fourth-order valence-electron chi connectivity index (χ4n) is 1.88. The first-order chi connectivity index (χ1) is 6.66. The Morgan fingerprint density at radius 1 is 1.50 bits per heavy atom. The number of rotatable bonds is 4. The van der Waals surface area contributed by atoms with E-state index in [1.165, 1.54) is 0 Å². The van der Waals surface area contributed by atoms with Crippen molar-refractivity contribution in [1.29, 1.82) is 0 Å². The van der Waals surface area contributed by atoms with Gasteiger partial charge in [-0.2, -0.15) is 0 Å². The Hall–Kier alpha value is -0.610. The lowest BCUT2D eigenvalue weighted by molar-refractivity contribution is -0.160. The molecule has 1 aliphatic heterocycles. The lowest BCUT2D eigenvalue weighted by Gasteiger charge is -2.41. The summed E-state index contributed by atoms with van der Waals surface area (Å²) in [7, 11) is 0. The molecule has 1 N–H and O–H groups in total. The maximum absolute atomic E-state index is 11.6. The third-order valence-electron chi connectivity index (χ3n) is 2.43. The minimum atomic E-state index is 0.191. The summed E-state index contributed by atoms with van der Waals surface area (Å²) in [5.41, 5.74) is 0. The molecule has 1 aliphatic rings. The van der Waals surface area contributed by atoms with E-state index in [2.05, 4.69) is 5.01 Å². The van der Waals surface area contributed by atoms with E-state index in [9.17, 15) is 4.79 Å². The predicted molar refractivity (Wildman–Crippen MR) is 54.5 cm³/mol. The molecule has 1 heterocycles. The molecule has 0 aromatic rings. The zero-order chi connectivity index (χ0) is 10.6. The van der Waals surface area contributed by atoms with Gasteiger partial charge in [0.25, 0.3) is 0 Å². The van der Waals surface area contributed by atoms with Crippen LogP contribution in [0.5, 0.6) is 0 Å². The van der Waals surface area contributed by atoms with Gasteiger partial charge in [0.15, 0.2) is 0 Å². The fourth-order valence-corrected chi connectivity index (χ4v) is 1.88. The van der Waals surface area contributed by atoms with Crippen LogP contribution in [0.1, 0.15) is 33.1 Å². The molecule has 0 atom stereocenters. The molecule has 0 spiro atoms. The molecule has 82 valence electrons. The van der Waals surface area contributed by atoms with Crippen molar-refractivity contribution in [3.8, 4) is 0 Å². The lowest BCUT2D eigenvalue weighted by atomic mass is 10.2. The van der Waals surface area contributed by atoms with Gasteiger partial charge in [-0.25, -0.2) is 5.01 Å². The Labute approximate surface area is 85.5 Å². The van der Waals surface area contributed by atoms with Crippen LogP contribution in [0.25, 0.3) is 0 Å². The van der Waals surface area contributed by atoms with E-state index in [4.69, 9.17) is 5.11 Å². The van der Waals surface area contributed by atoms with E-state index in [-0.39, 0.29) is 18.6 Å². The van der Waals surface area contributed by atoms with Crippen molar-refractivity contribution in [2.24, 2.45) is 0 Å². The second-order valence-electron chi connectivity index (χ2n) is 3.97. The van der Waals surface area contributed by atoms with Gasteiger partial charge in [0.1, 0.15) is 0 Å². The first kappa shape index (κ1) is 11.5. The zero-order valence-corrected chi connectivity index (χ0v) is 9.07. The van der Waals surface area contributed by atoms with Crippen molar-refractivity contribution in [3.05, 3.63) is 0 Å². The summed E-state index contributed by atoms with van der Waals surface area (Å²) in [6.45, 7) is 5.95. The van der Waals surface area contributed by atoms with Crippen LogP contribution >= 0.6 is 0 Å². The van der Waals surface area contributed by atoms with E-state index in [0.717, 1.165) is 25.9 Å². The largest absolute Gasteiger partial charge is 0.396 e. The Kier molecular flexibility index (Phi) is 4.35. The second kappa shape index (κ2) is 5.32. The molecule has 0 aromatic carbocycles. The zero-order valence-electron chi connectivity index (χ0n) is 9.07. The number of hydrogen-bond acceptors (Lipinski definition) is 3. The summed E-state index contributed by atoms with van der Waals surface area (Å²) in [6, 6.07) is 0.224. The highest BCUT2D eigenvalue weighted by atomic mass is 16.3. The third kappa shape index (κ3) is 2.69. The summed E-state index contributed by atoms with van der Waals surface area (Å²) in [5, 5.41) is 12.7. The van der Waals surface area contributed by atoms with Crippen molar-refractivity contribution in [3.63, 3.8) is 0 Å². The minimum Gasteiger partial charge on any atom is -0.396 e. The van der Waals surface area contributed by atoms with Crippen molar-refractivity contribution in [1.82, 2.24) is 10.0 Å². The van der Waals surface area contributed by atoms with E-state index < -0.39 is 0 Å². The normalized spacial score (nSPS) is 19.4. The van der Waals surface area contributed by atoms with Crippen LogP contribution in [0.15, 0.2) is 0 Å². The summed E-state index contributed by atoms with van der Waals surface area (Å²) in [5.74, 6) is 0.212. The van der Waals surface area contributed by atoms with Gasteiger partial charge in [-0.3, -0.25) is 9.80 Å². The number of carbonyl (C=O) groups excluding carboxylic acids is 1. The summed E-state index contributed by atoms with van der Waals surface area (Å²) >= 11 is 0. The Morgan fingerprint density at radius 2 is 2.21 bits per heavy atom. The molecule has 1 amide bonds. The predicted octanol–water partition coefficient (Wildman–Crippen LogP) is 0.617. The van der Waals surface area contributed by atoms with Crippen molar-refractivity contribution in [2.45, 2.75) is 39.2 Å². The van der Waals surface area contributed by atoms with Gasteiger partial charge >= 0.3 is 0 Å². The first-order valence-corrected chi connectivity index (χ1v) is 5.34. The third-order valence-corrected chi connectivity index (χ3v) is 2.43. The number of hydrogen-bond donors (Lipinski definition) is 1. The molecule has 0 saturated carbocycles. The Morgan fingerprint density at radius 3 is 2.79 bits per heavy atom. The summed E-state index contributed by atoms with van der Waals surface area (Å²) in [4.78, 5) is 11.6. The average Bonchev–Trinajstić information content (AvgIpc) is 2.14. The van der Waals surface area contributed by atoms with Gasteiger partial charge in [-0.05, 0) is 26.7 Å². The molecule has 0 aromatic heterocycles. The first-order valence-electron chi connectivity index (χ1n) is 5.34. The van der Waals surface area contributed by atoms with Crippen LogP contribution in [-0.4, -0.2) is 46.8 Å². The lowest BCUT2D eigenvalue weighted by Crippen LogP contribution is -2.54. The molecule has 1 rings (SSSR count). The van der Waals surface area contributed by atoms with Gasteiger partial charge in [0.05, 0.1) is 0 Å². The summed E-state index contributed by atoms with van der Waals surface area (Å²) < 4.78 is 0. The molecule has 4 heteroatoms. The highest BCUT2D eigenvalue weighted by molar-refractivity contribution is 5.76. The molecule has 1 saturated heterocycles. The fraction of sp³-hybridized carbons (Fsp3) is 0.900. The average molecular weight is 200 g/mol. The maximum atomic E-state index is 11.6. The highest BCUT2D eigenvalue weighted by Crippen LogP contribution is 2.15. The number of hydrazine groups is 1.